The van der Waals surface area contributed by atoms with Crippen LogP contribution in [0.15, 0.2) is 0 Å². The van der Waals surface area contributed by atoms with Crippen LogP contribution in [0.3, 0.4) is 0 Å². The maximum absolute atomic E-state index is 5.98. The van der Waals surface area contributed by atoms with E-state index in [4.69, 9.17) is 5.73 Å². The van der Waals surface area contributed by atoms with E-state index < -0.39 is 0 Å². The summed E-state index contributed by atoms with van der Waals surface area (Å²) in [6.07, 6.45) is 11.1. The lowest BCUT2D eigenvalue weighted by Crippen LogP contribution is -2.33. The quantitative estimate of drug-likeness (QED) is 0.660. The van der Waals surface area contributed by atoms with E-state index in [9.17, 15) is 0 Å². The van der Waals surface area contributed by atoms with Crippen LogP contribution in [0, 0.1) is 11.8 Å². The predicted octanol–water partition coefficient (Wildman–Crippen LogP) is 2.28. The van der Waals surface area contributed by atoms with Crippen LogP contribution in [-0.4, -0.2) is 19.1 Å². The fourth-order valence-corrected chi connectivity index (χ4v) is 2.75. The summed E-state index contributed by atoms with van der Waals surface area (Å²) in [5.41, 5.74) is 5.98. The summed E-state index contributed by atoms with van der Waals surface area (Å²) in [7, 11) is 0. The molecule has 0 amide bonds. The molecule has 0 saturated heterocycles. The van der Waals surface area contributed by atoms with E-state index in [0.717, 1.165) is 11.8 Å². The van der Waals surface area contributed by atoms with Gasteiger partial charge in [0.1, 0.15) is 0 Å². The average molecular weight is 210 g/mol. The first-order valence-electron chi connectivity index (χ1n) is 6.81. The summed E-state index contributed by atoms with van der Waals surface area (Å²) in [6.45, 7) is 2.43. The molecule has 0 radical (unpaired) electrons. The van der Waals surface area contributed by atoms with Gasteiger partial charge in [-0.2, -0.15) is 0 Å². The Hall–Kier alpha value is -0.0800. The Bertz CT molecular complexity index is 177. The standard InChI is InChI=1S/C13H26N2/c14-13-5-1-3-12(9-13)10-15-8-2-4-11-6-7-11/h11-13,15H,1-10,14H2. The minimum atomic E-state index is 0.483. The lowest BCUT2D eigenvalue weighted by atomic mass is 9.86. The molecule has 88 valence electrons. The fraction of sp³-hybridized carbons (Fsp3) is 1.00. The average Bonchev–Trinajstić information content (AvgIpc) is 3.01. The van der Waals surface area contributed by atoms with Gasteiger partial charge in [0.2, 0.25) is 0 Å². The maximum Gasteiger partial charge on any atom is 0.00419 e. The number of rotatable bonds is 6. The van der Waals surface area contributed by atoms with Crippen molar-refractivity contribution in [1.82, 2.24) is 5.32 Å². The summed E-state index contributed by atoms with van der Waals surface area (Å²) in [5, 5.41) is 3.60. The Balaban J connectivity index is 1.45. The minimum absolute atomic E-state index is 0.483. The van der Waals surface area contributed by atoms with Crippen molar-refractivity contribution in [3.05, 3.63) is 0 Å². The van der Waals surface area contributed by atoms with Crippen LogP contribution < -0.4 is 11.1 Å². The third-order valence-electron chi connectivity index (χ3n) is 3.92. The lowest BCUT2D eigenvalue weighted by molar-refractivity contribution is 0.310. The smallest absolute Gasteiger partial charge is 0.00419 e. The molecule has 0 aromatic carbocycles. The normalized spacial score (nSPS) is 31.8. The second-order valence-corrected chi connectivity index (χ2v) is 5.58. The molecule has 2 unspecified atom stereocenters. The van der Waals surface area contributed by atoms with Gasteiger partial charge < -0.3 is 11.1 Å². The van der Waals surface area contributed by atoms with Crippen molar-refractivity contribution < 1.29 is 0 Å². The molecule has 2 saturated carbocycles. The molecule has 15 heavy (non-hydrogen) atoms. The van der Waals surface area contributed by atoms with Gasteiger partial charge in [0, 0.05) is 6.04 Å². The van der Waals surface area contributed by atoms with Gasteiger partial charge >= 0.3 is 0 Å². The minimum Gasteiger partial charge on any atom is -0.328 e. The van der Waals surface area contributed by atoms with Crippen molar-refractivity contribution in [2.75, 3.05) is 13.1 Å². The molecular weight excluding hydrogens is 184 g/mol. The Morgan fingerprint density at radius 2 is 1.93 bits per heavy atom. The van der Waals surface area contributed by atoms with E-state index in [0.29, 0.717) is 6.04 Å². The molecule has 2 aliphatic carbocycles. The molecule has 2 rings (SSSR count). The van der Waals surface area contributed by atoms with Crippen LogP contribution in [0.25, 0.3) is 0 Å². The summed E-state index contributed by atoms with van der Waals surface area (Å²) < 4.78 is 0. The highest BCUT2D eigenvalue weighted by Crippen LogP contribution is 2.33. The molecule has 0 bridgehead atoms. The molecule has 2 fully saturated rings. The zero-order valence-electron chi connectivity index (χ0n) is 9.88. The maximum atomic E-state index is 5.98. The summed E-state index contributed by atoms with van der Waals surface area (Å²) in [6, 6.07) is 0.483. The fourth-order valence-electron chi connectivity index (χ4n) is 2.75. The highest BCUT2D eigenvalue weighted by atomic mass is 14.9. The Labute approximate surface area is 94.0 Å². The van der Waals surface area contributed by atoms with Crippen molar-refractivity contribution in [3.63, 3.8) is 0 Å². The zero-order chi connectivity index (χ0) is 10.5. The second kappa shape index (κ2) is 5.86. The molecular formula is C13H26N2. The molecule has 3 N–H and O–H groups in total. The van der Waals surface area contributed by atoms with E-state index in [1.807, 2.05) is 0 Å². The van der Waals surface area contributed by atoms with E-state index in [1.54, 1.807) is 0 Å². The monoisotopic (exact) mass is 210 g/mol. The van der Waals surface area contributed by atoms with E-state index in [-0.39, 0.29) is 0 Å². The van der Waals surface area contributed by atoms with Gasteiger partial charge in [-0.25, -0.2) is 0 Å². The van der Waals surface area contributed by atoms with Crippen molar-refractivity contribution in [2.45, 2.75) is 57.4 Å². The van der Waals surface area contributed by atoms with Crippen molar-refractivity contribution in [1.29, 1.82) is 0 Å². The van der Waals surface area contributed by atoms with Crippen molar-refractivity contribution in [2.24, 2.45) is 17.6 Å². The molecule has 0 heterocycles. The largest absolute Gasteiger partial charge is 0.328 e. The first-order chi connectivity index (χ1) is 7.34. The number of hydrogen-bond donors (Lipinski definition) is 2. The Morgan fingerprint density at radius 1 is 1.07 bits per heavy atom. The summed E-state index contributed by atoms with van der Waals surface area (Å²) in [5.74, 6) is 1.95. The van der Waals surface area contributed by atoms with Crippen molar-refractivity contribution in [3.8, 4) is 0 Å². The highest BCUT2D eigenvalue weighted by molar-refractivity contribution is 4.77. The van der Waals surface area contributed by atoms with Crippen LogP contribution in [0.2, 0.25) is 0 Å². The molecule has 2 heteroatoms. The van der Waals surface area contributed by atoms with Crippen LogP contribution >= 0.6 is 0 Å². The molecule has 2 atom stereocenters. The lowest BCUT2D eigenvalue weighted by Gasteiger charge is -2.26. The zero-order valence-corrected chi connectivity index (χ0v) is 9.88. The molecule has 0 spiro atoms. The van der Waals surface area contributed by atoms with Gasteiger partial charge in [0.05, 0.1) is 0 Å². The van der Waals surface area contributed by atoms with Crippen LogP contribution in [0.5, 0.6) is 0 Å². The van der Waals surface area contributed by atoms with E-state index in [1.165, 1.54) is 64.5 Å². The van der Waals surface area contributed by atoms with Gasteiger partial charge in [-0.3, -0.25) is 0 Å². The van der Waals surface area contributed by atoms with Gasteiger partial charge in [0.15, 0.2) is 0 Å². The van der Waals surface area contributed by atoms with E-state index >= 15 is 0 Å². The molecule has 0 aromatic heterocycles. The van der Waals surface area contributed by atoms with Crippen LogP contribution in [0.4, 0.5) is 0 Å². The van der Waals surface area contributed by atoms with Crippen LogP contribution in [0.1, 0.15) is 51.4 Å². The Morgan fingerprint density at radius 3 is 2.67 bits per heavy atom. The van der Waals surface area contributed by atoms with E-state index in [2.05, 4.69) is 5.32 Å². The van der Waals surface area contributed by atoms with Crippen molar-refractivity contribution >= 4 is 0 Å². The third-order valence-corrected chi connectivity index (χ3v) is 3.92. The molecule has 0 aliphatic heterocycles. The molecule has 2 aliphatic rings. The Kier molecular flexibility index (Phi) is 4.45. The third kappa shape index (κ3) is 4.52. The summed E-state index contributed by atoms with van der Waals surface area (Å²) in [4.78, 5) is 0. The second-order valence-electron chi connectivity index (χ2n) is 5.58. The van der Waals surface area contributed by atoms with Gasteiger partial charge in [-0.15, -0.1) is 0 Å². The van der Waals surface area contributed by atoms with Gasteiger partial charge in [-0.1, -0.05) is 19.3 Å². The molecule has 0 aromatic rings. The first-order valence-corrected chi connectivity index (χ1v) is 6.81. The number of nitrogens with one attached hydrogen (secondary N) is 1. The van der Waals surface area contributed by atoms with Gasteiger partial charge in [0.25, 0.3) is 0 Å². The highest BCUT2D eigenvalue weighted by Gasteiger charge is 2.20. The SMILES string of the molecule is NC1CCCC(CNCCCC2CC2)C1. The number of hydrogen-bond acceptors (Lipinski definition) is 2. The van der Waals surface area contributed by atoms with Crippen LogP contribution in [-0.2, 0) is 0 Å². The molecule has 2 nitrogen and oxygen atoms in total. The first kappa shape index (κ1) is 11.4. The predicted molar refractivity (Wildman–Crippen MR) is 64.8 cm³/mol. The van der Waals surface area contributed by atoms with Gasteiger partial charge in [-0.05, 0) is 57.0 Å². The number of nitrogens with two attached hydrogens (primary N) is 1. The topological polar surface area (TPSA) is 38.0 Å². The summed E-state index contributed by atoms with van der Waals surface area (Å²) >= 11 is 0.